The number of sulfone groups is 1. The summed E-state index contributed by atoms with van der Waals surface area (Å²) < 4.78 is 23.6. The van der Waals surface area contributed by atoms with E-state index in [1.165, 1.54) is 28.9 Å². The topological polar surface area (TPSA) is 93.4 Å². The van der Waals surface area contributed by atoms with Gasteiger partial charge in [0.25, 0.3) is 5.91 Å². The summed E-state index contributed by atoms with van der Waals surface area (Å²) in [5, 5.41) is -0.636. The van der Waals surface area contributed by atoms with Crippen molar-refractivity contribution in [3.8, 4) is 0 Å². The van der Waals surface area contributed by atoms with E-state index in [1.807, 2.05) is 0 Å². The lowest BCUT2D eigenvalue weighted by Gasteiger charge is -2.34. The van der Waals surface area contributed by atoms with E-state index in [9.17, 15) is 13.2 Å². The summed E-state index contributed by atoms with van der Waals surface area (Å²) in [5.41, 5.74) is 5.74. The number of pyridine rings is 1. The first-order valence-corrected chi connectivity index (χ1v) is 9.28. The molecule has 2 heterocycles. The second-order valence-electron chi connectivity index (χ2n) is 4.45. The van der Waals surface area contributed by atoms with E-state index in [1.54, 1.807) is 0 Å². The molecule has 110 valence electrons. The maximum Gasteiger partial charge on any atom is 0.256 e. The number of nitrogen functional groups attached to an aromatic ring is 1. The minimum atomic E-state index is -3.34. The van der Waals surface area contributed by atoms with Crippen LogP contribution >= 0.6 is 23.4 Å². The Morgan fingerprint density at radius 3 is 2.90 bits per heavy atom. The number of thioether (sulfide) groups is 1. The molecule has 1 aromatic heterocycles. The number of hydrogen-bond donors (Lipinski definition) is 1. The molecule has 1 aromatic rings. The fourth-order valence-corrected chi connectivity index (χ4v) is 4.88. The molecular formula is C11H14ClN3O3S2. The summed E-state index contributed by atoms with van der Waals surface area (Å²) in [5.74, 6) is 0.821. The number of rotatable bonds is 2. The molecule has 0 saturated carbocycles. The zero-order valence-corrected chi connectivity index (χ0v) is 13.1. The minimum Gasteiger partial charge on any atom is -0.382 e. The summed E-state index contributed by atoms with van der Waals surface area (Å²) in [6, 6.07) is 1.41. The molecule has 1 atom stereocenters. The highest BCUT2D eigenvalue weighted by molar-refractivity contribution is 8.00. The van der Waals surface area contributed by atoms with E-state index in [-0.39, 0.29) is 16.4 Å². The lowest BCUT2D eigenvalue weighted by molar-refractivity contribution is 0.0749. The fourth-order valence-electron chi connectivity index (χ4n) is 1.90. The van der Waals surface area contributed by atoms with Crippen molar-refractivity contribution >= 4 is 44.9 Å². The Morgan fingerprint density at radius 2 is 2.30 bits per heavy atom. The van der Waals surface area contributed by atoms with E-state index in [4.69, 9.17) is 17.3 Å². The first-order valence-electron chi connectivity index (χ1n) is 5.79. The first kappa shape index (κ1) is 15.4. The Bertz CT molecular complexity index is 636. The minimum absolute atomic E-state index is 0.136. The van der Waals surface area contributed by atoms with E-state index in [2.05, 4.69) is 4.98 Å². The van der Waals surface area contributed by atoms with Gasteiger partial charge in [0, 0.05) is 30.5 Å². The molecule has 1 aliphatic heterocycles. The van der Waals surface area contributed by atoms with Crippen LogP contribution in [0.1, 0.15) is 10.4 Å². The number of carbonyl (C=O) groups excluding carboxylic acids is 1. The Morgan fingerprint density at radius 1 is 1.60 bits per heavy atom. The van der Waals surface area contributed by atoms with Crippen LogP contribution in [0.5, 0.6) is 0 Å². The smallest absolute Gasteiger partial charge is 0.256 e. The molecule has 1 aliphatic rings. The number of carbonyl (C=O) groups is 1. The molecule has 1 unspecified atom stereocenters. The highest BCUT2D eigenvalue weighted by Gasteiger charge is 2.34. The third kappa shape index (κ3) is 3.18. The zero-order valence-electron chi connectivity index (χ0n) is 10.7. The lowest BCUT2D eigenvalue weighted by atomic mass is 10.2. The average Bonchev–Trinajstić information content (AvgIpc) is 2.40. The molecule has 0 bridgehead atoms. The third-order valence-electron chi connectivity index (χ3n) is 2.96. The first-order chi connectivity index (χ1) is 9.30. The SMILES string of the molecule is CS(=O)(=O)C1CSCCN1C(=O)c1cnc(N)c(Cl)c1. The van der Waals surface area contributed by atoms with Gasteiger partial charge in [0.05, 0.1) is 10.6 Å². The van der Waals surface area contributed by atoms with Crippen LogP contribution < -0.4 is 5.73 Å². The Kier molecular flexibility index (Phi) is 4.46. The number of aromatic nitrogens is 1. The predicted molar refractivity (Wildman–Crippen MR) is 80.7 cm³/mol. The summed E-state index contributed by atoms with van der Waals surface area (Å²) in [6.45, 7) is 0.378. The predicted octanol–water partition coefficient (Wildman–Crippen LogP) is 0.877. The molecule has 2 N–H and O–H groups in total. The van der Waals surface area contributed by atoms with Crippen LogP contribution in [-0.2, 0) is 9.84 Å². The van der Waals surface area contributed by atoms with Gasteiger partial charge in [-0.3, -0.25) is 4.79 Å². The fraction of sp³-hybridized carbons (Fsp3) is 0.455. The van der Waals surface area contributed by atoms with Crippen LogP contribution in [0.15, 0.2) is 12.3 Å². The molecule has 0 aromatic carbocycles. The maximum absolute atomic E-state index is 12.4. The Labute approximate surface area is 126 Å². The van der Waals surface area contributed by atoms with E-state index >= 15 is 0 Å². The quantitative estimate of drug-likeness (QED) is 0.862. The number of nitrogens with zero attached hydrogens (tertiary/aromatic N) is 2. The molecule has 1 fully saturated rings. The number of halogens is 1. The van der Waals surface area contributed by atoms with Crippen molar-refractivity contribution in [1.29, 1.82) is 0 Å². The van der Waals surface area contributed by atoms with Crippen molar-refractivity contribution in [1.82, 2.24) is 9.88 Å². The molecule has 0 spiro atoms. The van der Waals surface area contributed by atoms with E-state index in [0.29, 0.717) is 18.1 Å². The lowest BCUT2D eigenvalue weighted by Crippen LogP contribution is -2.49. The molecule has 1 amide bonds. The monoisotopic (exact) mass is 335 g/mol. The molecular weight excluding hydrogens is 322 g/mol. The second kappa shape index (κ2) is 5.79. The number of amides is 1. The van der Waals surface area contributed by atoms with Gasteiger partial charge < -0.3 is 10.6 Å². The van der Waals surface area contributed by atoms with Crippen LogP contribution in [0.4, 0.5) is 5.82 Å². The maximum atomic E-state index is 12.4. The van der Waals surface area contributed by atoms with E-state index in [0.717, 1.165) is 6.26 Å². The Hall–Kier alpha value is -0.990. The van der Waals surface area contributed by atoms with Crippen molar-refractivity contribution in [2.45, 2.75) is 5.37 Å². The third-order valence-corrected chi connectivity index (χ3v) is 5.90. The molecule has 0 aliphatic carbocycles. The standard InChI is InChI=1S/C11H14ClN3O3S2/c1-20(17,18)9-6-19-3-2-15(9)11(16)7-4-8(12)10(13)14-5-7/h4-5,9H,2-3,6H2,1H3,(H2,13,14). The number of nitrogens with two attached hydrogens (primary N) is 1. The van der Waals surface area contributed by atoms with Gasteiger partial charge in [0.15, 0.2) is 9.84 Å². The van der Waals surface area contributed by atoms with Crippen LogP contribution in [0.3, 0.4) is 0 Å². The average molecular weight is 336 g/mol. The molecule has 6 nitrogen and oxygen atoms in total. The Balaban J connectivity index is 2.32. The van der Waals surface area contributed by atoms with Crippen LogP contribution in [-0.4, -0.2) is 53.9 Å². The molecule has 1 saturated heterocycles. The van der Waals surface area contributed by atoms with Gasteiger partial charge in [-0.2, -0.15) is 11.8 Å². The highest BCUT2D eigenvalue weighted by atomic mass is 35.5. The van der Waals surface area contributed by atoms with Crippen molar-refractivity contribution in [2.24, 2.45) is 0 Å². The number of hydrogen-bond acceptors (Lipinski definition) is 6. The second-order valence-corrected chi connectivity index (χ2v) is 8.21. The van der Waals surface area contributed by atoms with Crippen molar-refractivity contribution in [3.63, 3.8) is 0 Å². The highest BCUT2D eigenvalue weighted by Crippen LogP contribution is 2.24. The normalized spacial score (nSPS) is 19.9. The molecule has 2 rings (SSSR count). The largest absolute Gasteiger partial charge is 0.382 e. The zero-order chi connectivity index (χ0) is 14.9. The number of anilines is 1. The van der Waals surface area contributed by atoms with Gasteiger partial charge in [0.1, 0.15) is 11.2 Å². The summed E-state index contributed by atoms with van der Waals surface area (Å²) in [4.78, 5) is 17.6. The van der Waals surface area contributed by atoms with Gasteiger partial charge in [-0.05, 0) is 6.07 Å². The van der Waals surface area contributed by atoms with Crippen molar-refractivity contribution in [3.05, 3.63) is 22.8 Å². The molecule has 9 heteroatoms. The molecule has 0 radical (unpaired) electrons. The van der Waals surface area contributed by atoms with Gasteiger partial charge >= 0.3 is 0 Å². The van der Waals surface area contributed by atoms with Crippen molar-refractivity contribution < 1.29 is 13.2 Å². The van der Waals surface area contributed by atoms with Gasteiger partial charge in [-0.1, -0.05) is 11.6 Å². The van der Waals surface area contributed by atoms with Crippen LogP contribution in [0.25, 0.3) is 0 Å². The summed E-state index contributed by atoms with van der Waals surface area (Å²) in [7, 11) is -3.34. The van der Waals surface area contributed by atoms with Gasteiger partial charge in [0.2, 0.25) is 0 Å². The van der Waals surface area contributed by atoms with Gasteiger partial charge in [-0.15, -0.1) is 0 Å². The summed E-state index contributed by atoms with van der Waals surface area (Å²) >= 11 is 7.36. The van der Waals surface area contributed by atoms with E-state index < -0.39 is 21.1 Å². The molecule has 20 heavy (non-hydrogen) atoms. The van der Waals surface area contributed by atoms with Crippen LogP contribution in [0, 0.1) is 0 Å². The van der Waals surface area contributed by atoms with Gasteiger partial charge in [-0.25, -0.2) is 13.4 Å². The summed E-state index contributed by atoms with van der Waals surface area (Å²) in [6.07, 6.45) is 2.45. The van der Waals surface area contributed by atoms with Crippen molar-refractivity contribution in [2.75, 3.05) is 30.0 Å². The van der Waals surface area contributed by atoms with Crippen LogP contribution in [0.2, 0.25) is 5.02 Å².